The normalized spacial score (nSPS) is 17.2. The Kier molecular flexibility index (Phi) is 7.64. The molecule has 1 N–H and O–H groups in total. The molecule has 0 spiro atoms. The first kappa shape index (κ1) is 23.6. The molecule has 2 atom stereocenters. The van der Waals surface area contributed by atoms with Crippen LogP contribution in [-0.4, -0.2) is 64.3 Å². The fraction of sp³-hybridized carbons (Fsp3) is 0.360. The second-order valence-corrected chi connectivity index (χ2v) is 8.50. The number of aromatic nitrogens is 2. The van der Waals surface area contributed by atoms with Crippen LogP contribution in [0, 0.1) is 5.82 Å². The Balaban J connectivity index is 1.62. The van der Waals surface area contributed by atoms with E-state index in [-0.39, 0.29) is 29.4 Å². The summed E-state index contributed by atoms with van der Waals surface area (Å²) in [7, 11) is 2.00. The van der Waals surface area contributed by atoms with Crippen molar-refractivity contribution in [1.29, 1.82) is 0 Å². The third kappa shape index (κ3) is 5.66. The first-order chi connectivity index (χ1) is 16.5. The van der Waals surface area contributed by atoms with Crippen LogP contribution < -0.4 is 5.32 Å². The van der Waals surface area contributed by atoms with Gasteiger partial charge in [-0.05, 0) is 56.6 Å². The Bertz CT molecular complexity index is 1090. The lowest BCUT2D eigenvalue weighted by atomic mass is 9.98. The van der Waals surface area contributed by atoms with Gasteiger partial charge in [-0.25, -0.2) is 9.37 Å². The number of halogens is 1. The Morgan fingerprint density at radius 1 is 1.32 bits per heavy atom. The number of hydrogen-bond acceptors (Lipinski definition) is 6. The number of oxazole rings is 1. The molecule has 4 rings (SSSR count). The molecule has 0 saturated carbocycles. The molecule has 3 aromatic rings. The van der Waals surface area contributed by atoms with E-state index in [1.807, 2.05) is 13.1 Å². The molecule has 1 aliphatic heterocycles. The van der Waals surface area contributed by atoms with Crippen molar-refractivity contribution in [2.75, 3.05) is 26.7 Å². The van der Waals surface area contributed by atoms with Crippen LogP contribution in [-0.2, 0) is 11.2 Å². The molecule has 9 heteroatoms. The summed E-state index contributed by atoms with van der Waals surface area (Å²) in [5, 5.41) is 2.94. The number of nitrogens with one attached hydrogen (secondary N) is 1. The molecule has 178 valence electrons. The van der Waals surface area contributed by atoms with Gasteiger partial charge >= 0.3 is 0 Å². The number of hydrogen-bond donors (Lipinski definition) is 1. The first-order valence-electron chi connectivity index (χ1n) is 11.3. The second kappa shape index (κ2) is 11.0. The SMILES string of the molecule is CN1CCCC(N(C(=O)c2cocn2)C(C(=O)NCCc2cccc(F)c2)c2cccnc2)C1. The highest BCUT2D eigenvalue weighted by molar-refractivity contribution is 5.96. The predicted octanol–water partition coefficient (Wildman–Crippen LogP) is 2.85. The van der Waals surface area contributed by atoms with E-state index in [0.717, 1.165) is 24.9 Å². The molecule has 0 radical (unpaired) electrons. The van der Waals surface area contributed by atoms with Gasteiger partial charge in [-0.2, -0.15) is 0 Å². The third-order valence-electron chi connectivity index (χ3n) is 6.01. The number of benzene rings is 1. The smallest absolute Gasteiger partial charge is 0.277 e. The number of carbonyl (C=O) groups is 2. The fourth-order valence-corrected chi connectivity index (χ4v) is 4.41. The Morgan fingerprint density at radius 2 is 2.21 bits per heavy atom. The average Bonchev–Trinajstić information content (AvgIpc) is 3.38. The van der Waals surface area contributed by atoms with E-state index in [2.05, 4.69) is 20.2 Å². The van der Waals surface area contributed by atoms with Gasteiger partial charge in [0.15, 0.2) is 12.1 Å². The van der Waals surface area contributed by atoms with Crippen molar-refractivity contribution in [3.63, 3.8) is 0 Å². The molecule has 2 aromatic heterocycles. The third-order valence-corrected chi connectivity index (χ3v) is 6.01. The minimum atomic E-state index is -0.901. The summed E-state index contributed by atoms with van der Waals surface area (Å²) in [4.78, 5) is 39.2. The fourth-order valence-electron chi connectivity index (χ4n) is 4.41. The summed E-state index contributed by atoms with van der Waals surface area (Å²) in [6, 6.07) is 8.73. The summed E-state index contributed by atoms with van der Waals surface area (Å²) in [6.45, 7) is 1.87. The molecule has 0 bridgehead atoms. The molecule has 1 aliphatic rings. The number of pyridine rings is 1. The average molecular weight is 466 g/mol. The highest BCUT2D eigenvalue weighted by atomic mass is 19.1. The molecule has 8 nitrogen and oxygen atoms in total. The summed E-state index contributed by atoms with van der Waals surface area (Å²) < 4.78 is 18.6. The number of nitrogens with zero attached hydrogens (tertiary/aromatic N) is 4. The van der Waals surface area contributed by atoms with Crippen molar-refractivity contribution in [2.45, 2.75) is 31.3 Å². The van der Waals surface area contributed by atoms with Crippen LogP contribution in [0.5, 0.6) is 0 Å². The van der Waals surface area contributed by atoms with Crippen molar-refractivity contribution in [1.82, 2.24) is 25.1 Å². The lowest BCUT2D eigenvalue weighted by Crippen LogP contribution is -2.54. The maximum atomic E-state index is 13.6. The minimum Gasteiger partial charge on any atom is -0.451 e. The van der Waals surface area contributed by atoms with Crippen molar-refractivity contribution in [2.24, 2.45) is 0 Å². The first-order valence-corrected chi connectivity index (χ1v) is 11.3. The maximum absolute atomic E-state index is 13.6. The van der Waals surface area contributed by atoms with Gasteiger partial charge in [0.2, 0.25) is 5.91 Å². The van der Waals surface area contributed by atoms with Crippen LogP contribution in [0.4, 0.5) is 4.39 Å². The van der Waals surface area contributed by atoms with Crippen molar-refractivity contribution < 1.29 is 18.4 Å². The lowest BCUT2D eigenvalue weighted by molar-refractivity contribution is -0.127. The summed E-state index contributed by atoms with van der Waals surface area (Å²) >= 11 is 0. The topological polar surface area (TPSA) is 91.6 Å². The minimum absolute atomic E-state index is 0.148. The Labute approximate surface area is 197 Å². The van der Waals surface area contributed by atoms with Gasteiger partial charge in [0.05, 0.1) is 0 Å². The predicted molar refractivity (Wildman–Crippen MR) is 123 cm³/mol. The van der Waals surface area contributed by atoms with E-state index in [4.69, 9.17) is 4.42 Å². The van der Waals surface area contributed by atoms with Crippen molar-refractivity contribution >= 4 is 11.8 Å². The van der Waals surface area contributed by atoms with Crippen LogP contribution in [0.1, 0.15) is 40.5 Å². The van der Waals surface area contributed by atoms with E-state index in [1.165, 1.54) is 24.8 Å². The molecular formula is C25H28FN5O3. The Morgan fingerprint density at radius 3 is 2.91 bits per heavy atom. The molecule has 1 saturated heterocycles. The van der Waals surface area contributed by atoms with E-state index in [0.29, 0.717) is 25.1 Å². The van der Waals surface area contributed by atoms with Gasteiger partial charge in [0.25, 0.3) is 5.91 Å². The van der Waals surface area contributed by atoms with E-state index >= 15 is 0 Å². The molecule has 3 heterocycles. The molecule has 2 amide bonds. The summed E-state index contributed by atoms with van der Waals surface area (Å²) in [5.74, 6) is -1.01. The van der Waals surface area contributed by atoms with Gasteiger partial charge in [0.1, 0.15) is 18.1 Å². The standard InChI is InChI=1S/C25H28FN5O3/c1-30-12-4-8-21(15-30)31(25(33)22-16-34-17-29-22)23(19-6-3-10-27-14-19)24(32)28-11-9-18-5-2-7-20(26)13-18/h2-3,5-7,10,13-14,16-17,21,23H,4,8-9,11-12,15H2,1H3,(H,28,32). The summed E-state index contributed by atoms with van der Waals surface area (Å²) in [5.41, 5.74) is 1.54. The van der Waals surface area contributed by atoms with Crippen molar-refractivity contribution in [3.05, 3.63) is 84.1 Å². The van der Waals surface area contributed by atoms with E-state index in [1.54, 1.807) is 35.5 Å². The Hall–Kier alpha value is -3.59. The van der Waals surface area contributed by atoms with Crippen LogP contribution in [0.3, 0.4) is 0 Å². The van der Waals surface area contributed by atoms with Gasteiger partial charge in [0, 0.05) is 37.1 Å². The highest BCUT2D eigenvalue weighted by Gasteiger charge is 2.39. The quantitative estimate of drug-likeness (QED) is 0.550. The zero-order valence-corrected chi connectivity index (χ0v) is 19.1. The number of rotatable bonds is 8. The van der Waals surface area contributed by atoms with Gasteiger partial charge in [-0.15, -0.1) is 0 Å². The van der Waals surface area contributed by atoms with Gasteiger partial charge in [-0.3, -0.25) is 14.6 Å². The van der Waals surface area contributed by atoms with Crippen LogP contribution in [0.15, 0.2) is 65.9 Å². The molecule has 1 aromatic carbocycles. The lowest BCUT2D eigenvalue weighted by Gasteiger charge is -2.41. The van der Waals surface area contributed by atoms with Gasteiger partial charge in [-0.1, -0.05) is 18.2 Å². The van der Waals surface area contributed by atoms with E-state index < -0.39 is 6.04 Å². The second-order valence-electron chi connectivity index (χ2n) is 8.50. The molecule has 1 fully saturated rings. The number of amides is 2. The molecule has 34 heavy (non-hydrogen) atoms. The molecular weight excluding hydrogens is 437 g/mol. The van der Waals surface area contributed by atoms with Crippen LogP contribution >= 0.6 is 0 Å². The zero-order chi connectivity index (χ0) is 23.9. The molecule has 0 aliphatic carbocycles. The number of likely N-dealkylation sites (tertiary alicyclic amines) is 1. The van der Waals surface area contributed by atoms with Crippen molar-refractivity contribution in [3.8, 4) is 0 Å². The maximum Gasteiger partial charge on any atom is 0.277 e. The zero-order valence-electron chi connectivity index (χ0n) is 19.1. The number of likely N-dealkylation sites (N-methyl/N-ethyl adjacent to an activating group) is 1. The summed E-state index contributed by atoms with van der Waals surface area (Å²) in [6.07, 6.45) is 7.87. The van der Waals surface area contributed by atoms with Gasteiger partial charge < -0.3 is 19.5 Å². The largest absolute Gasteiger partial charge is 0.451 e. The highest BCUT2D eigenvalue weighted by Crippen LogP contribution is 2.29. The van der Waals surface area contributed by atoms with Crippen LogP contribution in [0.2, 0.25) is 0 Å². The monoisotopic (exact) mass is 465 g/mol. The number of carbonyl (C=O) groups excluding carboxylic acids is 2. The van der Waals surface area contributed by atoms with E-state index in [9.17, 15) is 14.0 Å². The van der Waals surface area contributed by atoms with Crippen LogP contribution in [0.25, 0.3) is 0 Å². The number of piperidine rings is 1. The molecule has 2 unspecified atom stereocenters.